The number of fused-ring (bicyclic) bond motifs is 1. The number of nitrogens with zero attached hydrogens (tertiary/aromatic N) is 2. The molecule has 0 unspecified atom stereocenters. The summed E-state index contributed by atoms with van der Waals surface area (Å²) in [5, 5.41) is 9.92. The van der Waals surface area contributed by atoms with E-state index in [1.165, 1.54) is 12.8 Å². The van der Waals surface area contributed by atoms with Crippen molar-refractivity contribution in [1.82, 2.24) is 4.57 Å². The lowest BCUT2D eigenvalue weighted by molar-refractivity contribution is 0.0695. The fourth-order valence-electron chi connectivity index (χ4n) is 3.82. The second-order valence-electron chi connectivity index (χ2n) is 6.90. The van der Waals surface area contributed by atoms with Crippen molar-refractivity contribution in [2.24, 2.45) is 0 Å². The average Bonchev–Trinajstić information content (AvgIpc) is 3.29. The van der Waals surface area contributed by atoms with Crippen molar-refractivity contribution in [3.63, 3.8) is 0 Å². The number of aromatic nitrogens is 1. The van der Waals surface area contributed by atoms with E-state index in [4.69, 9.17) is 0 Å². The molecule has 25 heavy (non-hydrogen) atoms. The first kappa shape index (κ1) is 15.9. The van der Waals surface area contributed by atoms with Crippen LogP contribution in [0.3, 0.4) is 0 Å². The number of anilines is 1. The standard InChI is InChI=1S/C20H22N2O3/c1-2-5-14-17(21-10-3-4-11-21)9-8-15-18(14)22(13-6-7-13)12-16(19(15)23)20(24)25/h2,5,8-9,12-13H,3-4,6-7,10-11H2,1H3,(H,24,25)/b5-2-. The van der Waals surface area contributed by atoms with Gasteiger partial charge >= 0.3 is 5.97 Å². The van der Waals surface area contributed by atoms with E-state index >= 15 is 0 Å². The van der Waals surface area contributed by atoms with E-state index < -0.39 is 11.4 Å². The summed E-state index contributed by atoms with van der Waals surface area (Å²) in [6, 6.07) is 4.08. The molecule has 1 aliphatic carbocycles. The van der Waals surface area contributed by atoms with Crippen molar-refractivity contribution in [2.45, 2.75) is 38.6 Å². The maximum absolute atomic E-state index is 12.7. The number of pyridine rings is 1. The van der Waals surface area contributed by atoms with Gasteiger partial charge in [-0.05, 0) is 44.7 Å². The summed E-state index contributed by atoms with van der Waals surface area (Å²) in [7, 11) is 0. The van der Waals surface area contributed by atoms with E-state index in [1.807, 2.05) is 29.7 Å². The lowest BCUT2D eigenvalue weighted by Crippen LogP contribution is -2.22. The highest BCUT2D eigenvalue weighted by Gasteiger charge is 2.29. The van der Waals surface area contributed by atoms with Crippen LogP contribution >= 0.6 is 0 Å². The molecule has 0 radical (unpaired) electrons. The molecule has 0 spiro atoms. The van der Waals surface area contributed by atoms with Gasteiger partial charge in [0.15, 0.2) is 0 Å². The lowest BCUT2D eigenvalue weighted by Gasteiger charge is -2.23. The smallest absolute Gasteiger partial charge is 0.341 e. The van der Waals surface area contributed by atoms with Crippen LogP contribution in [0.1, 0.15) is 54.6 Å². The zero-order valence-electron chi connectivity index (χ0n) is 14.4. The Morgan fingerprint density at radius 3 is 2.56 bits per heavy atom. The molecule has 1 saturated carbocycles. The monoisotopic (exact) mass is 338 g/mol. The molecule has 4 rings (SSSR count). The van der Waals surface area contributed by atoms with Crippen LogP contribution < -0.4 is 10.3 Å². The molecule has 1 N–H and O–H groups in total. The quantitative estimate of drug-likeness (QED) is 0.924. The van der Waals surface area contributed by atoms with Gasteiger partial charge in [-0.1, -0.05) is 12.2 Å². The van der Waals surface area contributed by atoms with Crippen LogP contribution in [0.2, 0.25) is 0 Å². The molecule has 5 heteroatoms. The lowest BCUT2D eigenvalue weighted by atomic mass is 10.0. The SMILES string of the molecule is C/C=C\c1c(N2CCCC2)ccc2c(=O)c(C(=O)O)cn(C3CC3)c12. The summed E-state index contributed by atoms with van der Waals surface area (Å²) in [6.45, 7) is 4.02. The van der Waals surface area contributed by atoms with Gasteiger partial charge in [-0.15, -0.1) is 0 Å². The second kappa shape index (κ2) is 6.06. The van der Waals surface area contributed by atoms with Gasteiger partial charge in [0.2, 0.25) is 5.43 Å². The van der Waals surface area contributed by atoms with Crippen molar-refractivity contribution < 1.29 is 9.90 Å². The van der Waals surface area contributed by atoms with Crippen LogP contribution in [-0.2, 0) is 0 Å². The maximum atomic E-state index is 12.7. The third kappa shape index (κ3) is 2.64. The first-order valence-corrected chi connectivity index (χ1v) is 8.94. The number of carbonyl (C=O) groups is 1. The topological polar surface area (TPSA) is 62.5 Å². The summed E-state index contributed by atoms with van der Waals surface area (Å²) in [6.07, 6.45) is 10.0. The minimum absolute atomic E-state index is 0.139. The summed E-state index contributed by atoms with van der Waals surface area (Å²) >= 11 is 0. The van der Waals surface area contributed by atoms with Crippen LogP contribution in [0.15, 0.2) is 29.2 Å². The highest BCUT2D eigenvalue weighted by Crippen LogP contribution is 2.40. The third-order valence-corrected chi connectivity index (χ3v) is 5.16. The summed E-state index contributed by atoms with van der Waals surface area (Å²) < 4.78 is 2.02. The van der Waals surface area contributed by atoms with Crippen LogP contribution in [0.4, 0.5) is 5.69 Å². The van der Waals surface area contributed by atoms with Crippen LogP contribution in [0.25, 0.3) is 17.0 Å². The summed E-state index contributed by atoms with van der Waals surface area (Å²) in [5.41, 5.74) is 2.51. The second-order valence-corrected chi connectivity index (χ2v) is 6.90. The first-order valence-electron chi connectivity index (χ1n) is 8.94. The number of hydrogen-bond acceptors (Lipinski definition) is 3. The molecule has 130 valence electrons. The maximum Gasteiger partial charge on any atom is 0.341 e. The normalized spacial score (nSPS) is 17.7. The van der Waals surface area contributed by atoms with Gasteiger partial charge in [0.05, 0.1) is 5.52 Å². The van der Waals surface area contributed by atoms with E-state index in [-0.39, 0.29) is 5.56 Å². The highest BCUT2D eigenvalue weighted by atomic mass is 16.4. The van der Waals surface area contributed by atoms with Crippen LogP contribution in [0, 0.1) is 0 Å². The fourth-order valence-corrected chi connectivity index (χ4v) is 3.82. The van der Waals surface area contributed by atoms with Crippen molar-refractivity contribution >= 4 is 28.6 Å². The molecule has 0 bridgehead atoms. The van der Waals surface area contributed by atoms with E-state index in [9.17, 15) is 14.7 Å². The van der Waals surface area contributed by atoms with Gasteiger partial charge in [0.1, 0.15) is 5.56 Å². The first-order chi connectivity index (χ1) is 12.1. The Bertz CT molecular complexity index is 932. The minimum Gasteiger partial charge on any atom is -0.477 e. The highest BCUT2D eigenvalue weighted by molar-refractivity contribution is 5.98. The molecule has 2 aromatic rings. The van der Waals surface area contributed by atoms with Crippen molar-refractivity contribution in [3.05, 3.63) is 45.8 Å². The number of allylic oxidation sites excluding steroid dienone is 1. The average molecular weight is 338 g/mol. The Labute approximate surface area is 146 Å². The summed E-state index contributed by atoms with van der Waals surface area (Å²) in [5.74, 6) is -1.16. The molecule has 2 aliphatic rings. The van der Waals surface area contributed by atoms with Gasteiger partial charge in [-0.2, -0.15) is 0 Å². The largest absolute Gasteiger partial charge is 0.477 e. The molecule has 0 amide bonds. The molecule has 2 heterocycles. The van der Waals surface area contributed by atoms with E-state index in [1.54, 1.807) is 6.20 Å². The zero-order chi connectivity index (χ0) is 17.6. The van der Waals surface area contributed by atoms with Gasteiger partial charge in [0, 0.05) is 42.0 Å². The molecule has 1 aliphatic heterocycles. The minimum atomic E-state index is -1.16. The molecule has 0 atom stereocenters. The zero-order valence-corrected chi connectivity index (χ0v) is 14.4. The number of carboxylic acid groups (broad SMARTS) is 1. The number of hydrogen-bond donors (Lipinski definition) is 1. The number of carboxylic acids is 1. The Kier molecular flexibility index (Phi) is 3.86. The molecular weight excluding hydrogens is 316 g/mol. The van der Waals surface area contributed by atoms with Crippen LogP contribution in [0.5, 0.6) is 0 Å². The van der Waals surface area contributed by atoms with Crippen molar-refractivity contribution in [3.8, 4) is 0 Å². The van der Waals surface area contributed by atoms with Gasteiger partial charge in [-0.3, -0.25) is 4.79 Å². The Morgan fingerprint density at radius 2 is 1.96 bits per heavy atom. The molecule has 1 saturated heterocycles. The molecule has 5 nitrogen and oxygen atoms in total. The van der Waals surface area contributed by atoms with Crippen LogP contribution in [-0.4, -0.2) is 28.7 Å². The number of aromatic carboxylic acids is 1. The Hall–Kier alpha value is -2.56. The molecular formula is C20H22N2O3. The Morgan fingerprint density at radius 1 is 1.24 bits per heavy atom. The van der Waals surface area contributed by atoms with Crippen molar-refractivity contribution in [1.29, 1.82) is 0 Å². The summed E-state index contributed by atoms with van der Waals surface area (Å²) in [4.78, 5) is 26.6. The number of benzene rings is 1. The van der Waals surface area contributed by atoms with Gasteiger partial charge in [0.25, 0.3) is 0 Å². The fraction of sp³-hybridized carbons (Fsp3) is 0.400. The predicted octanol–water partition coefficient (Wildman–Crippen LogP) is 3.67. The molecule has 2 fully saturated rings. The van der Waals surface area contributed by atoms with E-state index in [2.05, 4.69) is 11.0 Å². The van der Waals surface area contributed by atoms with E-state index in [0.717, 1.165) is 42.7 Å². The molecule has 1 aromatic carbocycles. The third-order valence-electron chi connectivity index (χ3n) is 5.16. The van der Waals surface area contributed by atoms with Gasteiger partial charge in [-0.25, -0.2) is 4.79 Å². The predicted molar refractivity (Wildman–Crippen MR) is 99.6 cm³/mol. The van der Waals surface area contributed by atoms with E-state index in [0.29, 0.717) is 11.4 Å². The Balaban J connectivity index is 2.07. The molecule has 1 aromatic heterocycles. The van der Waals surface area contributed by atoms with Gasteiger partial charge < -0.3 is 14.6 Å². The number of rotatable bonds is 4. The van der Waals surface area contributed by atoms with Crippen molar-refractivity contribution in [2.75, 3.05) is 18.0 Å².